The number of aromatic nitrogens is 5. The van der Waals surface area contributed by atoms with Gasteiger partial charge in [-0.25, -0.2) is 4.98 Å². The SMILES string of the molecule is COc1cccc(-c2ccc3nnc(SCC(=O)Nc4nc(C)cs4)n3n2)c1. The van der Waals surface area contributed by atoms with Crippen molar-refractivity contribution in [3.63, 3.8) is 0 Å². The van der Waals surface area contributed by atoms with Gasteiger partial charge in [0.1, 0.15) is 5.75 Å². The molecular formula is C18H16N6O2S2. The largest absolute Gasteiger partial charge is 0.497 e. The summed E-state index contributed by atoms with van der Waals surface area (Å²) in [6.07, 6.45) is 0. The van der Waals surface area contributed by atoms with Crippen LogP contribution in [0.25, 0.3) is 16.9 Å². The molecule has 3 aromatic heterocycles. The predicted molar refractivity (Wildman–Crippen MR) is 109 cm³/mol. The van der Waals surface area contributed by atoms with Gasteiger partial charge in [-0.2, -0.15) is 9.61 Å². The molecule has 0 saturated heterocycles. The topological polar surface area (TPSA) is 94.3 Å². The van der Waals surface area contributed by atoms with E-state index in [1.807, 2.05) is 48.7 Å². The lowest BCUT2D eigenvalue weighted by Gasteiger charge is -2.05. The number of thioether (sulfide) groups is 1. The minimum Gasteiger partial charge on any atom is -0.497 e. The van der Waals surface area contributed by atoms with Crippen LogP contribution in [0, 0.1) is 6.92 Å². The number of nitrogens with one attached hydrogen (secondary N) is 1. The normalized spacial score (nSPS) is 10.9. The van der Waals surface area contributed by atoms with Crippen molar-refractivity contribution in [2.75, 3.05) is 18.2 Å². The number of rotatable bonds is 6. The fraction of sp³-hybridized carbons (Fsp3) is 0.167. The van der Waals surface area contributed by atoms with E-state index in [9.17, 15) is 4.79 Å². The fourth-order valence-electron chi connectivity index (χ4n) is 2.49. The van der Waals surface area contributed by atoms with Crippen molar-refractivity contribution >= 4 is 39.8 Å². The Morgan fingerprint density at radius 3 is 2.96 bits per heavy atom. The monoisotopic (exact) mass is 412 g/mol. The molecule has 1 aromatic carbocycles. The summed E-state index contributed by atoms with van der Waals surface area (Å²) in [5.74, 6) is 0.789. The molecule has 8 nitrogen and oxygen atoms in total. The molecule has 0 saturated carbocycles. The fourth-order valence-corrected chi connectivity index (χ4v) is 3.88. The molecule has 28 heavy (non-hydrogen) atoms. The first-order valence-electron chi connectivity index (χ1n) is 8.34. The molecule has 3 heterocycles. The summed E-state index contributed by atoms with van der Waals surface area (Å²) in [7, 11) is 1.63. The Bertz CT molecular complexity index is 1140. The van der Waals surface area contributed by atoms with Crippen LogP contribution >= 0.6 is 23.1 Å². The van der Waals surface area contributed by atoms with E-state index in [2.05, 4.69) is 25.6 Å². The summed E-state index contributed by atoms with van der Waals surface area (Å²) < 4.78 is 6.91. The number of fused-ring (bicyclic) bond motifs is 1. The minimum atomic E-state index is -0.153. The molecule has 0 radical (unpaired) electrons. The molecule has 0 bridgehead atoms. The summed E-state index contributed by atoms with van der Waals surface area (Å²) in [6, 6.07) is 11.4. The highest BCUT2D eigenvalue weighted by Crippen LogP contribution is 2.24. The number of amides is 1. The molecule has 0 aliphatic rings. The van der Waals surface area contributed by atoms with E-state index in [0.717, 1.165) is 22.7 Å². The number of thiazole rings is 1. The second-order valence-corrected chi connectivity index (χ2v) is 7.63. The Labute approximate surface area is 169 Å². The molecular weight excluding hydrogens is 396 g/mol. The number of ether oxygens (including phenoxy) is 1. The first kappa shape index (κ1) is 18.4. The number of benzene rings is 1. The third-order valence-corrected chi connectivity index (χ3v) is 5.59. The van der Waals surface area contributed by atoms with Crippen molar-refractivity contribution in [2.45, 2.75) is 12.1 Å². The smallest absolute Gasteiger partial charge is 0.236 e. The summed E-state index contributed by atoms with van der Waals surface area (Å²) in [5, 5.41) is 18.7. The van der Waals surface area contributed by atoms with E-state index >= 15 is 0 Å². The van der Waals surface area contributed by atoms with Gasteiger partial charge in [-0.1, -0.05) is 23.9 Å². The number of hydrogen-bond donors (Lipinski definition) is 1. The Balaban J connectivity index is 1.52. The highest BCUT2D eigenvalue weighted by molar-refractivity contribution is 7.99. The first-order chi connectivity index (χ1) is 13.6. The second kappa shape index (κ2) is 7.95. The average Bonchev–Trinajstić information content (AvgIpc) is 3.31. The molecule has 0 aliphatic carbocycles. The predicted octanol–water partition coefficient (Wildman–Crippen LogP) is 3.30. The number of carbonyl (C=O) groups excluding carboxylic acids is 1. The first-order valence-corrected chi connectivity index (χ1v) is 10.2. The molecule has 1 N–H and O–H groups in total. The maximum absolute atomic E-state index is 12.2. The Kier molecular flexibility index (Phi) is 5.22. The van der Waals surface area contributed by atoms with Crippen LogP contribution in [0.1, 0.15) is 5.69 Å². The Morgan fingerprint density at radius 1 is 1.29 bits per heavy atom. The summed E-state index contributed by atoms with van der Waals surface area (Å²) in [6.45, 7) is 1.88. The standard InChI is InChI=1S/C18H16N6O2S2/c1-11-9-27-17(19-11)20-16(25)10-28-18-22-21-15-7-6-14(23-24(15)18)12-4-3-5-13(8-12)26-2/h3-9H,10H2,1-2H3,(H,19,20,25). The molecule has 4 rings (SSSR count). The molecule has 0 aliphatic heterocycles. The highest BCUT2D eigenvalue weighted by atomic mass is 32.2. The van der Waals surface area contributed by atoms with Crippen molar-refractivity contribution in [1.82, 2.24) is 24.8 Å². The molecule has 0 spiro atoms. The van der Waals surface area contributed by atoms with E-state index in [0.29, 0.717) is 15.9 Å². The maximum Gasteiger partial charge on any atom is 0.236 e. The number of hydrogen-bond acceptors (Lipinski definition) is 8. The van der Waals surface area contributed by atoms with Gasteiger partial charge in [-0.15, -0.1) is 21.5 Å². The highest BCUT2D eigenvalue weighted by Gasteiger charge is 2.13. The zero-order valence-corrected chi connectivity index (χ0v) is 16.8. The van der Waals surface area contributed by atoms with Crippen molar-refractivity contribution < 1.29 is 9.53 Å². The van der Waals surface area contributed by atoms with E-state index in [1.165, 1.54) is 23.1 Å². The minimum absolute atomic E-state index is 0.153. The van der Waals surface area contributed by atoms with Crippen LogP contribution in [-0.4, -0.2) is 43.6 Å². The lowest BCUT2D eigenvalue weighted by Crippen LogP contribution is -2.14. The number of nitrogens with zero attached hydrogens (tertiary/aromatic N) is 5. The third kappa shape index (κ3) is 3.97. The van der Waals surface area contributed by atoms with Gasteiger partial charge in [0.05, 0.1) is 24.3 Å². The van der Waals surface area contributed by atoms with E-state index in [4.69, 9.17) is 4.74 Å². The molecule has 1 amide bonds. The number of anilines is 1. The summed E-state index contributed by atoms with van der Waals surface area (Å²) in [4.78, 5) is 16.4. The molecule has 0 fully saturated rings. The van der Waals surface area contributed by atoms with Crippen molar-refractivity contribution in [1.29, 1.82) is 0 Å². The Hall–Kier alpha value is -2.98. The number of carbonyl (C=O) groups is 1. The van der Waals surface area contributed by atoms with Gasteiger partial charge >= 0.3 is 0 Å². The molecule has 0 atom stereocenters. The second-order valence-electron chi connectivity index (χ2n) is 5.83. The zero-order chi connectivity index (χ0) is 19.5. The average molecular weight is 413 g/mol. The van der Waals surface area contributed by atoms with Crippen LogP contribution in [-0.2, 0) is 4.79 Å². The van der Waals surface area contributed by atoms with Gasteiger partial charge in [0.2, 0.25) is 11.1 Å². The molecule has 4 aromatic rings. The lowest BCUT2D eigenvalue weighted by atomic mass is 10.1. The van der Waals surface area contributed by atoms with E-state index in [-0.39, 0.29) is 11.7 Å². The van der Waals surface area contributed by atoms with Gasteiger partial charge in [-0.3, -0.25) is 4.79 Å². The van der Waals surface area contributed by atoms with E-state index in [1.54, 1.807) is 11.6 Å². The summed E-state index contributed by atoms with van der Waals surface area (Å²) >= 11 is 2.67. The molecule has 0 unspecified atom stereocenters. The van der Waals surface area contributed by atoms with Gasteiger partial charge < -0.3 is 10.1 Å². The third-order valence-electron chi connectivity index (χ3n) is 3.80. The van der Waals surface area contributed by atoms with Gasteiger partial charge in [0, 0.05) is 10.9 Å². The molecule has 10 heteroatoms. The quantitative estimate of drug-likeness (QED) is 0.486. The number of aryl methyl sites for hydroxylation is 1. The van der Waals surface area contributed by atoms with Crippen molar-refractivity contribution in [3.05, 3.63) is 47.5 Å². The van der Waals surface area contributed by atoms with Gasteiger partial charge in [0.25, 0.3) is 0 Å². The van der Waals surface area contributed by atoms with E-state index < -0.39 is 0 Å². The van der Waals surface area contributed by atoms with Crippen LogP contribution in [0.15, 0.2) is 46.9 Å². The summed E-state index contributed by atoms with van der Waals surface area (Å²) in [5.41, 5.74) is 3.18. The van der Waals surface area contributed by atoms with Crippen LogP contribution in [0.4, 0.5) is 5.13 Å². The van der Waals surface area contributed by atoms with Crippen LogP contribution < -0.4 is 10.1 Å². The van der Waals surface area contributed by atoms with Gasteiger partial charge in [0.15, 0.2) is 10.8 Å². The Morgan fingerprint density at radius 2 is 2.18 bits per heavy atom. The molecule has 142 valence electrons. The van der Waals surface area contributed by atoms with Crippen molar-refractivity contribution in [3.8, 4) is 17.0 Å². The zero-order valence-electron chi connectivity index (χ0n) is 15.1. The van der Waals surface area contributed by atoms with Crippen LogP contribution in [0.5, 0.6) is 5.75 Å². The van der Waals surface area contributed by atoms with Gasteiger partial charge in [-0.05, 0) is 31.2 Å². The van der Waals surface area contributed by atoms with Crippen LogP contribution in [0.3, 0.4) is 0 Å². The number of methoxy groups -OCH3 is 1. The van der Waals surface area contributed by atoms with Crippen molar-refractivity contribution in [2.24, 2.45) is 0 Å². The van der Waals surface area contributed by atoms with Crippen LogP contribution in [0.2, 0.25) is 0 Å². The lowest BCUT2D eigenvalue weighted by molar-refractivity contribution is -0.113. The maximum atomic E-state index is 12.2.